The van der Waals surface area contributed by atoms with E-state index in [2.05, 4.69) is 21.9 Å². The second-order valence-corrected chi connectivity index (χ2v) is 8.42. The lowest BCUT2D eigenvalue weighted by Crippen LogP contribution is -2.46. The van der Waals surface area contributed by atoms with Crippen molar-refractivity contribution in [3.8, 4) is 5.75 Å². The van der Waals surface area contributed by atoms with E-state index in [1.807, 2.05) is 34.9 Å². The summed E-state index contributed by atoms with van der Waals surface area (Å²) in [6.45, 7) is 5.75. The van der Waals surface area contributed by atoms with Gasteiger partial charge >= 0.3 is 4.87 Å². The first-order chi connectivity index (χ1) is 13.7. The number of thiazole rings is 1. The van der Waals surface area contributed by atoms with Gasteiger partial charge in [0.1, 0.15) is 5.75 Å². The highest BCUT2D eigenvalue weighted by Gasteiger charge is 2.19. The van der Waals surface area contributed by atoms with Crippen molar-refractivity contribution in [3.63, 3.8) is 0 Å². The fraction of sp³-hybridized carbons (Fsp3) is 0.381. The number of para-hydroxylation sites is 2. The number of benzene rings is 2. The first-order valence-corrected chi connectivity index (χ1v) is 10.7. The van der Waals surface area contributed by atoms with Gasteiger partial charge in [-0.15, -0.1) is 0 Å². The van der Waals surface area contributed by atoms with Crippen molar-refractivity contribution >= 4 is 38.8 Å². The van der Waals surface area contributed by atoms with Crippen LogP contribution in [0.1, 0.15) is 6.42 Å². The minimum absolute atomic E-state index is 0.0956. The van der Waals surface area contributed by atoms with E-state index in [1.165, 1.54) is 17.0 Å². The SMILES string of the molecule is COc1ccccc1N1CCN(CCCn2c(=O)sc3cc(Cl)ccc32)CC1. The van der Waals surface area contributed by atoms with Crippen LogP contribution in [0, 0.1) is 0 Å². The van der Waals surface area contributed by atoms with Crippen LogP contribution in [-0.2, 0) is 6.54 Å². The summed E-state index contributed by atoms with van der Waals surface area (Å²) < 4.78 is 8.33. The summed E-state index contributed by atoms with van der Waals surface area (Å²) in [4.78, 5) is 17.3. The Morgan fingerprint density at radius 3 is 2.64 bits per heavy atom. The van der Waals surface area contributed by atoms with Crippen LogP contribution in [0.5, 0.6) is 5.75 Å². The van der Waals surface area contributed by atoms with Gasteiger partial charge in [-0.2, -0.15) is 0 Å². The summed E-state index contributed by atoms with van der Waals surface area (Å²) in [5.41, 5.74) is 2.15. The average molecular weight is 418 g/mol. The van der Waals surface area contributed by atoms with Crippen LogP contribution in [-0.4, -0.2) is 49.3 Å². The van der Waals surface area contributed by atoms with E-state index in [0.29, 0.717) is 5.02 Å². The number of hydrogen-bond donors (Lipinski definition) is 0. The summed E-state index contributed by atoms with van der Waals surface area (Å²) in [5, 5.41) is 0.675. The second-order valence-electron chi connectivity index (χ2n) is 6.99. The van der Waals surface area contributed by atoms with Gasteiger partial charge in [-0.1, -0.05) is 35.1 Å². The maximum atomic E-state index is 12.3. The fourth-order valence-corrected chi connectivity index (χ4v) is 5.00. The van der Waals surface area contributed by atoms with Gasteiger partial charge in [0.05, 0.1) is 23.0 Å². The smallest absolute Gasteiger partial charge is 0.308 e. The molecule has 28 heavy (non-hydrogen) atoms. The molecule has 3 aromatic rings. The van der Waals surface area contributed by atoms with E-state index in [-0.39, 0.29) is 4.87 Å². The average Bonchev–Trinajstić information content (AvgIpc) is 3.03. The highest BCUT2D eigenvalue weighted by Crippen LogP contribution is 2.28. The van der Waals surface area contributed by atoms with E-state index < -0.39 is 0 Å². The quantitative estimate of drug-likeness (QED) is 0.609. The van der Waals surface area contributed by atoms with Crippen LogP contribution in [0.25, 0.3) is 10.2 Å². The summed E-state index contributed by atoms with van der Waals surface area (Å²) in [7, 11) is 1.72. The van der Waals surface area contributed by atoms with Gasteiger partial charge in [-0.25, -0.2) is 0 Å². The monoisotopic (exact) mass is 417 g/mol. The number of nitrogens with zero attached hydrogens (tertiary/aromatic N) is 3. The van der Waals surface area contributed by atoms with Crippen LogP contribution in [0.2, 0.25) is 5.02 Å². The Kier molecular flexibility index (Phi) is 5.90. The Labute approximate surface area is 173 Å². The maximum Gasteiger partial charge on any atom is 0.308 e. The molecule has 0 spiro atoms. The van der Waals surface area contributed by atoms with Crippen LogP contribution in [0.15, 0.2) is 47.3 Å². The summed E-state index contributed by atoms with van der Waals surface area (Å²) in [6, 6.07) is 13.9. The zero-order valence-corrected chi connectivity index (χ0v) is 17.5. The predicted molar refractivity (Wildman–Crippen MR) is 117 cm³/mol. The van der Waals surface area contributed by atoms with Gasteiger partial charge in [0.25, 0.3) is 0 Å². The number of rotatable bonds is 6. The number of anilines is 1. The van der Waals surface area contributed by atoms with Crippen LogP contribution < -0.4 is 14.5 Å². The Morgan fingerprint density at radius 1 is 1.07 bits per heavy atom. The zero-order chi connectivity index (χ0) is 19.5. The number of hydrogen-bond acceptors (Lipinski definition) is 5. The standard InChI is InChI=1S/C21H24ClN3O2S/c1-27-19-6-3-2-5-17(19)24-13-11-23(12-14-24)9-4-10-25-18-8-7-16(22)15-20(18)28-21(25)26/h2-3,5-8,15H,4,9-14H2,1H3. The molecule has 0 N–H and O–H groups in total. The van der Waals surface area contributed by atoms with E-state index in [1.54, 1.807) is 7.11 Å². The van der Waals surface area contributed by atoms with E-state index in [9.17, 15) is 4.79 Å². The van der Waals surface area contributed by atoms with Crippen molar-refractivity contribution in [3.05, 3.63) is 57.2 Å². The molecule has 148 valence electrons. The Hall–Kier alpha value is -2.02. The van der Waals surface area contributed by atoms with Gasteiger partial charge < -0.3 is 9.64 Å². The molecule has 1 aromatic heterocycles. The summed E-state index contributed by atoms with van der Waals surface area (Å²) in [6.07, 6.45) is 0.961. The number of piperazine rings is 1. The molecule has 2 heterocycles. The molecule has 5 nitrogen and oxygen atoms in total. The molecule has 0 saturated carbocycles. The van der Waals surface area contributed by atoms with Crippen molar-refractivity contribution in [2.75, 3.05) is 44.7 Å². The molecule has 1 aliphatic rings. The van der Waals surface area contributed by atoms with Gasteiger partial charge in [-0.05, 0) is 43.3 Å². The number of methoxy groups -OCH3 is 1. The molecule has 0 atom stereocenters. The number of halogens is 1. The minimum atomic E-state index is 0.0956. The first-order valence-electron chi connectivity index (χ1n) is 9.55. The first kappa shape index (κ1) is 19.3. The molecule has 2 aromatic carbocycles. The summed E-state index contributed by atoms with van der Waals surface area (Å²) in [5.74, 6) is 0.930. The fourth-order valence-electron chi connectivity index (χ4n) is 3.81. The molecule has 0 amide bonds. The highest BCUT2D eigenvalue weighted by molar-refractivity contribution is 7.16. The Balaban J connectivity index is 1.32. The number of ether oxygens (including phenoxy) is 1. The van der Waals surface area contributed by atoms with Crippen LogP contribution >= 0.6 is 22.9 Å². The lowest BCUT2D eigenvalue weighted by atomic mass is 10.2. The van der Waals surface area contributed by atoms with E-state index in [4.69, 9.17) is 16.3 Å². The molecule has 0 aliphatic carbocycles. The van der Waals surface area contributed by atoms with Crippen molar-refractivity contribution in [1.29, 1.82) is 0 Å². The third-order valence-corrected chi connectivity index (χ3v) is 6.46. The molecular weight excluding hydrogens is 394 g/mol. The molecule has 1 aliphatic heterocycles. The van der Waals surface area contributed by atoms with Crippen LogP contribution in [0.3, 0.4) is 0 Å². The number of fused-ring (bicyclic) bond motifs is 1. The summed E-state index contributed by atoms with van der Waals surface area (Å²) >= 11 is 7.31. The van der Waals surface area contributed by atoms with E-state index in [0.717, 1.165) is 61.7 Å². The molecule has 0 bridgehead atoms. The van der Waals surface area contributed by atoms with Gasteiger partial charge in [0, 0.05) is 37.7 Å². The van der Waals surface area contributed by atoms with Crippen molar-refractivity contribution in [2.24, 2.45) is 0 Å². The minimum Gasteiger partial charge on any atom is -0.495 e. The molecule has 0 radical (unpaired) electrons. The largest absolute Gasteiger partial charge is 0.495 e. The van der Waals surface area contributed by atoms with Crippen molar-refractivity contribution < 1.29 is 4.74 Å². The predicted octanol–water partition coefficient (Wildman–Crippen LogP) is 3.94. The van der Waals surface area contributed by atoms with Gasteiger partial charge in [0.15, 0.2) is 0 Å². The third-order valence-electron chi connectivity index (χ3n) is 5.28. The molecule has 0 unspecified atom stereocenters. The Bertz CT molecular complexity index is 1010. The number of aryl methyl sites for hydroxylation is 1. The Morgan fingerprint density at radius 2 is 1.86 bits per heavy atom. The molecular formula is C21H24ClN3O2S. The van der Waals surface area contributed by atoms with Crippen molar-refractivity contribution in [2.45, 2.75) is 13.0 Å². The van der Waals surface area contributed by atoms with Gasteiger partial charge in [-0.3, -0.25) is 14.3 Å². The molecule has 4 rings (SSSR count). The van der Waals surface area contributed by atoms with Crippen molar-refractivity contribution in [1.82, 2.24) is 9.47 Å². The number of aromatic nitrogens is 1. The molecule has 1 fully saturated rings. The van der Waals surface area contributed by atoms with Crippen LogP contribution in [0.4, 0.5) is 5.69 Å². The normalized spacial score (nSPS) is 15.3. The van der Waals surface area contributed by atoms with E-state index >= 15 is 0 Å². The maximum absolute atomic E-state index is 12.3. The second kappa shape index (κ2) is 8.55. The zero-order valence-electron chi connectivity index (χ0n) is 15.9. The highest BCUT2D eigenvalue weighted by atomic mass is 35.5. The molecule has 7 heteroatoms. The third kappa shape index (κ3) is 4.04. The van der Waals surface area contributed by atoms with Gasteiger partial charge in [0.2, 0.25) is 0 Å². The lowest BCUT2D eigenvalue weighted by Gasteiger charge is -2.36. The lowest BCUT2D eigenvalue weighted by molar-refractivity contribution is 0.250. The topological polar surface area (TPSA) is 37.7 Å². The molecule has 1 saturated heterocycles.